The summed E-state index contributed by atoms with van der Waals surface area (Å²) in [5.74, 6) is -0.125. The molecule has 1 aromatic heterocycles. The number of alkyl halides is 3. The summed E-state index contributed by atoms with van der Waals surface area (Å²) in [6.07, 6.45) is 1.05. The van der Waals surface area contributed by atoms with Gasteiger partial charge in [-0.2, -0.15) is 18.2 Å². The molecule has 4 N–H and O–H groups in total. The van der Waals surface area contributed by atoms with Crippen LogP contribution in [0.25, 0.3) is 0 Å². The lowest BCUT2D eigenvalue weighted by Gasteiger charge is -2.39. The van der Waals surface area contributed by atoms with Gasteiger partial charge in [0.25, 0.3) is 0 Å². The molecule has 59 heavy (non-hydrogen) atoms. The van der Waals surface area contributed by atoms with Crippen LogP contribution in [0, 0.1) is 12.8 Å². The standard InChI is InChI=1S/C41H53F3N8O6S/c1-26-21-30(10-12-33(26)46-39-45-23-32(41(42,43)44)37(48-39)52-16-4-15-40(2,55)25-52)59(56,57)49-29-8-5-27(6-9-29)24-50-17-19-51(20-18-50)34-13-7-28(22-35(34)58-3)31-11-14-36(53)47-38(31)54/h7,10,12-13,21-23,27,29,31,49,55H,4-6,8-9,11,14-20,24-25H2,1-3H3,(H,45,46,48)(H,47,53,54)/t27?,29?,31?,40-/m0/s1. The predicted molar refractivity (Wildman–Crippen MR) is 216 cm³/mol. The Morgan fingerprint density at radius 2 is 1.75 bits per heavy atom. The second kappa shape index (κ2) is 17.2. The molecule has 7 rings (SSSR count). The van der Waals surface area contributed by atoms with Crippen LogP contribution in [0.15, 0.2) is 47.5 Å². The number of sulfonamides is 1. The number of β-amino-alcohol motifs (C(OH)–C–C–N with tert-alkyl or cyclic N) is 1. The molecule has 2 atom stereocenters. The first-order valence-corrected chi connectivity index (χ1v) is 21.8. The van der Waals surface area contributed by atoms with E-state index in [0.29, 0.717) is 55.1 Å². The van der Waals surface area contributed by atoms with Crippen molar-refractivity contribution in [2.24, 2.45) is 5.92 Å². The third-order valence-corrected chi connectivity index (χ3v) is 13.6. The second-order valence-corrected chi connectivity index (χ2v) is 18.3. The summed E-state index contributed by atoms with van der Waals surface area (Å²) in [5.41, 5.74) is 0.659. The van der Waals surface area contributed by atoms with Crippen molar-refractivity contribution in [3.63, 3.8) is 0 Å². The largest absolute Gasteiger partial charge is 0.495 e. The van der Waals surface area contributed by atoms with E-state index in [-0.39, 0.29) is 47.0 Å². The maximum atomic E-state index is 13.9. The number of carbonyl (C=O) groups excluding carboxylic acids is 2. The molecule has 4 fully saturated rings. The molecule has 1 unspecified atom stereocenters. The van der Waals surface area contributed by atoms with E-state index in [1.165, 1.54) is 17.0 Å². The lowest BCUT2D eigenvalue weighted by atomic mass is 9.86. The highest BCUT2D eigenvalue weighted by molar-refractivity contribution is 7.89. The normalized spacial score (nSPS) is 24.8. The molecule has 1 saturated carbocycles. The van der Waals surface area contributed by atoms with Crippen LogP contribution in [0.1, 0.15) is 80.9 Å². The minimum Gasteiger partial charge on any atom is -0.495 e. The highest BCUT2D eigenvalue weighted by Gasteiger charge is 2.39. The van der Waals surface area contributed by atoms with Crippen LogP contribution < -0.4 is 29.9 Å². The van der Waals surface area contributed by atoms with Gasteiger partial charge in [0, 0.05) is 70.2 Å². The van der Waals surface area contributed by atoms with E-state index in [1.54, 1.807) is 27.0 Å². The Morgan fingerprint density at radius 1 is 1.00 bits per heavy atom. The number of anilines is 4. The van der Waals surface area contributed by atoms with Crippen molar-refractivity contribution in [2.45, 2.75) is 93.8 Å². The van der Waals surface area contributed by atoms with Gasteiger partial charge in [0.15, 0.2) is 0 Å². The number of nitrogens with zero attached hydrogens (tertiary/aromatic N) is 5. The first-order chi connectivity index (χ1) is 28.0. The molecule has 1 aliphatic carbocycles. The smallest absolute Gasteiger partial charge is 0.421 e. The monoisotopic (exact) mass is 842 g/mol. The third-order valence-electron chi connectivity index (χ3n) is 12.0. The average Bonchev–Trinajstić information content (AvgIpc) is 3.18. The van der Waals surface area contributed by atoms with E-state index in [9.17, 15) is 36.3 Å². The first kappa shape index (κ1) is 42.6. The number of rotatable bonds is 11. The number of methoxy groups -OCH3 is 1. The molecule has 0 spiro atoms. The van der Waals surface area contributed by atoms with Crippen LogP contribution in [0.2, 0.25) is 0 Å². The van der Waals surface area contributed by atoms with Gasteiger partial charge in [0.2, 0.25) is 27.8 Å². The number of ether oxygens (including phenoxy) is 1. The average molecular weight is 843 g/mol. The Balaban J connectivity index is 0.897. The number of aryl methyl sites for hydroxylation is 1. The molecular weight excluding hydrogens is 790 g/mol. The van der Waals surface area contributed by atoms with Crippen molar-refractivity contribution in [2.75, 3.05) is 68.0 Å². The summed E-state index contributed by atoms with van der Waals surface area (Å²) in [7, 11) is -2.22. The fourth-order valence-corrected chi connectivity index (χ4v) is 10.2. The van der Waals surface area contributed by atoms with Gasteiger partial charge < -0.3 is 25.0 Å². The zero-order valence-corrected chi connectivity index (χ0v) is 34.5. The Bertz CT molecular complexity index is 2140. The number of piperidine rings is 2. The van der Waals surface area contributed by atoms with Crippen molar-refractivity contribution >= 4 is 45.0 Å². The molecule has 0 bridgehead atoms. The zero-order valence-electron chi connectivity index (χ0n) is 33.6. The second-order valence-electron chi connectivity index (χ2n) is 16.6. The molecule has 0 radical (unpaired) electrons. The fraction of sp³-hybridized carbons (Fsp3) is 0.561. The van der Waals surface area contributed by atoms with Gasteiger partial charge in [-0.3, -0.25) is 19.8 Å². The van der Waals surface area contributed by atoms with E-state index < -0.39 is 27.4 Å². The lowest BCUT2D eigenvalue weighted by molar-refractivity contribution is -0.138. The van der Waals surface area contributed by atoms with Crippen molar-refractivity contribution in [3.05, 3.63) is 59.3 Å². The highest BCUT2D eigenvalue weighted by atomic mass is 32.2. The summed E-state index contributed by atoms with van der Waals surface area (Å²) >= 11 is 0. The summed E-state index contributed by atoms with van der Waals surface area (Å²) in [6.45, 7) is 7.92. The van der Waals surface area contributed by atoms with Gasteiger partial charge in [0.05, 0.1) is 29.2 Å². The molecule has 3 aromatic rings. The minimum absolute atomic E-state index is 0.00454. The van der Waals surface area contributed by atoms with E-state index in [4.69, 9.17) is 4.74 Å². The van der Waals surface area contributed by atoms with E-state index >= 15 is 0 Å². The lowest BCUT2D eigenvalue weighted by Crippen LogP contribution is -2.48. The Kier molecular flexibility index (Phi) is 12.4. The number of benzene rings is 2. The maximum Gasteiger partial charge on any atom is 0.421 e. The van der Waals surface area contributed by atoms with Gasteiger partial charge >= 0.3 is 6.18 Å². The van der Waals surface area contributed by atoms with E-state index in [0.717, 1.165) is 75.9 Å². The quantitative estimate of drug-likeness (QED) is 0.189. The van der Waals surface area contributed by atoms with Gasteiger partial charge in [-0.1, -0.05) is 6.07 Å². The minimum atomic E-state index is -4.69. The number of aromatic nitrogens is 2. The molecule has 3 aliphatic heterocycles. The highest BCUT2D eigenvalue weighted by Crippen LogP contribution is 2.39. The number of hydrogen-bond acceptors (Lipinski definition) is 12. The molecule has 4 aliphatic rings. The number of hydrogen-bond donors (Lipinski definition) is 4. The van der Waals surface area contributed by atoms with Crippen LogP contribution in [0.3, 0.4) is 0 Å². The number of piperazine rings is 1. The third kappa shape index (κ3) is 10.1. The number of halogens is 3. The SMILES string of the molecule is COc1cc(C2CCC(=O)NC2=O)ccc1N1CCN(CC2CCC(NS(=O)(=O)c3ccc(Nc4ncc(C(F)(F)F)c(N5CCC[C@](C)(O)C5)n4)c(C)c3)CC2)CC1. The Hall–Kier alpha value is -4.52. The molecule has 14 nitrogen and oxygen atoms in total. The van der Waals surface area contributed by atoms with Crippen LogP contribution in [-0.2, 0) is 25.8 Å². The van der Waals surface area contributed by atoms with Gasteiger partial charge in [-0.25, -0.2) is 18.1 Å². The fourth-order valence-electron chi connectivity index (χ4n) is 8.81. The molecule has 18 heteroatoms. The molecule has 4 heterocycles. The van der Waals surface area contributed by atoms with Gasteiger partial charge in [0.1, 0.15) is 17.1 Å². The van der Waals surface area contributed by atoms with Gasteiger partial charge in [-0.05, 0) is 106 Å². The van der Waals surface area contributed by atoms with Crippen LogP contribution in [0.4, 0.5) is 36.3 Å². The molecule has 2 amide bonds. The summed E-state index contributed by atoms with van der Waals surface area (Å²) < 4.78 is 77.4. The first-order valence-electron chi connectivity index (χ1n) is 20.3. The number of nitrogens with one attached hydrogen (secondary N) is 3. The summed E-state index contributed by atoms with van der Waals surface area (Å²) in [5, 5.41) is 15.9. The van der Waals surface area contributed by atoms with Crippen LogP contribution >= 0.6 is 0 Å². The zero-order chi connectivity index (χ0) is 42.1. The van der Waals surface area contributed by atoms with Crippen molar-refractivity contribution in [1.29, 1.82) is 0 Å². The van der Waals surface area contributed by atoms with Gasteiger partial charge in [-0.15, -0.1) is 0 Å². The van der Waals surface area contributed by atoms with Crippen LogP contribution in [-0.4, -0.2) is 105 Å². The summed E-state index contributed by atoms with van der Waals surface area (Å²) in [4.78, 5) is 38.4. The predicted octanol–water partition coefficient (Wildman–Crippen LogP) is 5.09. The summed E-state index contributed by atoms with van der Waals surface area (Å²) in [6, 6.07) is 10.2. The topological polar surface area (TPSA) is 169 Å². The Labute approximate surface area is 343 Å². The van der Waals surface area contributed by atoms with Crippen molar-refractivity contribution in [3.8, 4) is 5.75 Å². The number of carbonyl (C=O) groups is 2. The number of imide groups is 1. The van der Waals surface area contributed by atoms with Crippen LogP contribution in [0.5, 0.6) is 5.75 Å². The van der Waals surface area contributed by atoms with Crippen molar-refractivity contribution in [1.82, 2.24) is 24.9 Å². The molecule has 3 saturated heterocycles. The molecule has 320 valence electrons. The van der Waals surface area contributed by atoms with Crippen molar-refractivity contribution < 1.29 is 41.0 Å². The molecule has 2 aromatic carbocycles. The Morgan fingerprint density at radius 3 is 2.41 bits per heavy atom. The number of amides is 2. The maximum absolute atomic E-state index is 13.9. The van der Waals surface area contributed by atoms with E-state index in [1.807, 2.05) is 18.2 Å². The molecular formula is C41H53F3N8O6S. The van der Waals surface area contributed by atoms with E-state index in [2.05, 4.69) is 35.1 Å². The number of aliphatic hydroxyl groups is 1.